The molecule has 2 atom stereocenters. The summed E-state index contributed by atoms with van der Waals surface area (Å²) < 4.78 is 14.8. The van der Waals surface area contributed by atoms with Crippen LogP contribution in [-0.4, -0.2) is 6.04 Å². The van der Waals surface area contributed by atoms with Gasteiger partial charge in [0.15, 0.2) is 0 Å². The van der Waals surface area contributed by atoms with Gasteiger partial charge in [-0.05, 0) is 60.4 Å². The van der Waals surface area contributed by atoms with Crippen molar-refractivity contribution in [2.75, 3.05) is 0 Å². The highest BCUT2D eigenvalue weighted by Crippen LogP contribution is 2.34. The van der Waals surface area contributed by atoms with Crippen LogP contribution in [-0.2, 0) is 12.8 Å². The van der Waals surface area contributed by atoms with E-state index < -0.39 is 0 Å². The van der Waals surface area contributed by atoms with Crippen LogP contribution >= 0.6 is 15.9 Å². The van der Waals surface area contributed by atoms with Gasteiger partial charge in [-0.3, -0.25) is 0 Å². The van der Waals surface area contributed by atoms with Crippen LogP contribution in [0.5, 0.6) is 0 Å². The Hall–Kier alpha value is -1.19. The van der Waals surface area contributed by atoms with Gasteiger partial charge in [0, 0.05) is 10.5 Å². The zero-order valence-electron chi connectivity index (χ0n) is 11.9. The van der Waals surface area contributed by atoms with Gasteiger partial charge in [0.2, 0.25) is 0 Å². The lowest BCUT2D eigenvalue weighted by atomic mass is 9.77. The molecule has 2 aromatic carbocycles. The second-order valence-corrected chi connectivity index (χ2v) is 6.72. The molecular weight excluding hydrogens is 329 g/mol. The lowest BCUT2D eigenvalue weighted by Gasteiger charge is -2.30. The Kier molecular flexibility index (Phi) is 4.41. The molecule has 0 heterocycles. The van der Waals surface area contributed by atoms with Gasteiger partial charge in [0.1, 0.15) is 5.82 Å². The largest absolute Gasteiger partial charge is 0.327 e. The maximum Gasteiger partial charge on any atom is 0.127 e. The fourth-order valence-electron chi connectivity index (χ4n) is 3.32. The highest BCUT2D eigenvalue weighted by molar-refractivity contribution is 9.10. The smallest absolute Gasteiger partial charge is 0.127 e. The van der Waals surface area contributed by atoms with Crippen LogP contribution in [0.4, 0.5) is 4.39 Å². The zero-order valence-corrected chi connectivity index (χ0v) is 13.4. The van der Waals surface area contributed by atoms with Crippen molar-refractivity contribution in [2.45, 2.75) is 37.6 Å². The van der Waals surface area contributed by atoms with Crippen LogP contribution in [0.15, 0.2) is 46.9 Å². The fourth-order valence-corrected chi connectivity index (χ4v) is 3.65. The molecule has 21 heavy (non-hydrogen) atoms. The van der Waals surface area contributed by atoms with Crippen LogP contribution in [0.1, 0.15) is 35.4 Å². The number of rotatable bonds is 3. The first-order valence-corrected chi connectivity index (χ1v) is 8.22. The fraction of sp³-hybridized carbons (Fsp3) is 0.333. The van der Waals surface area contributed by atoms with Gasteiger partial charge < -0.3 is 5.73 Å². The monoisotopic (exact) mass is 347 g/mol. The van der Waals surface area contributed by atoms with Crippen LogP contribution in [0.3, 0.4) is 0 Å². The van der Waals surface area contributed by atoms with E-state index in [1.165, 1.54) is 17.2 Å². The number of hydrogen-bond donors (Lipinski definition) is 1. The Bertz CT molecular complexity index is 641. The van der Waals surface area contributed by atoms with E-state index in [1.807, 2.05) is 12.1 Å². The predicted octanol–water partition coefficient (Wildman–Crippen LogP) is 4.58. The summed E-state index contributed by atoms with van der Waals surface area (Å²) in [5.41, 5.74) is 9.88. The van der Waals surface area contributed by atoms with Crippen molar-refractivity contribution in [3.05, 3.63) is 69.4 Å². The molecule has 1 aliphatic rings. The van der Waals surface area contributed by atoms with E-state index in [4.69, 9.17) is 5.73 Å². The van der Waals surface area contributed by atoms with E-state index in [-0.39, 0.29) is 11.9 Å². The predicted molar refractivity (Wildman–Crippen MR) is 87.9 cm³/mol. The van der Waals surface area contributed by atoms with Crippen LogP contribution in [0, 0.1) is 5.82 Å². The maximum absolute atomic E-state index is 14.0. The molecule has 0 saturated heterocycles. The molecule has 110 valence electrons. The molecule has 1 nitrogen and oxygen atoms in total. The topological polar surface area (TPSA) is 26.0 Å². The molecule has 0 aliphatic heterocycles. The number of fused-ring (bicyclic) bond motifs is 1. The van der Waals surface area contributed by atoms with Crippen LogP contribution in [0.2, 0.25) is 0 Å². The molecule has 0 fully saturated rings. The summed E-state index contributed by atoms with van der Waals surface area (Å²) in [7, 11) is 0. The number of nitrogens with two attached hydrogens (primary N) is 1. The number of hydrogen-bond acceptors (Lipinski definition) is 1. The minimum atomic E-state index is -0.177. The Labute approximate surface area is 133 Å². The van der Waals surface area contributed by atoms with Gasteiger partial charge in [-0.1, -0.05) is 46.3 Å². The van der Waals surface area contributed by atoms with Crippen molar-refractivity contribution in [2.24, 2.45) is 5.73 Å². The molecule has 2 unspecified atom stereocenters. The second kappa shape index (κ2) is 6.29. The molecule has 1 aliphatic carbocycles. The SMILES string of the molecule is NC(Cc1ccc(Br)cc1F)C1CCCc2ccccc21. The van der Waals surface area contributed by atoms with Gasteiger partial charge in [0.05, 0.1) is 0 Å². The quantitative estimate of drug-likeness (QED) is 0.863. The molecule has 0 amide bonds. The summed E-state index contributed by atoms with van der Waals surface area (Å²) in [5.74, 6) is 0.155. The van der Waals surface area contributed by atoms with E-state index in [2.05, 4.69) is 40.2 Å². The first-order valence-electron chi connectivity index (χ1n) is 7.42. The van der Waals surface area contributed by atoms with Gasteiger partial charge in [-0.2, -0.15) is 0 Å². The normalized spacial score (nSPS) is 19.1. The van der Waals surface area contributed by atoms with E-state index >= 15 is 0 Å². The Morgan fingerprint density at radius 2 is 2.05 bits per heavy atom. The summed E-state index contributed by atoms with van der Waals surface area (Å²) in [4.78, 5) is 0. The minimum Gasteiger partial charge on any atom is -0.327 e. The number of aryl methyl sites for hydroxylation is 1. The molecule has 0 saturated carbocycles. The molecule has 2 N–H and O–H groups in total. The Morgan fingerprint density at radius 1 is 1.24 bits per heavy atom. The molecule has 2 aromatic rings. The molecule has 0 aromatic heterocycles. The summed E-state index contributed by atoms with van der Waals surface area (Å²) in [6.45, 7) is 0. The first kappa shape index (κ1) is 14.7. The molecule has 3 rings (SSSR count). The molecule has 3 heteroatoms. The standard InChI is InChI=1S/C18H19BrFN/c19-14-9-8-13(17(20)11-14)10-18(21)16-7-3-5-12-4-1-2-6-15(12)16/h1-2,4,6,8-9,11,16,18H,3,5,7,10,21H2. The third-order valence-corrected chi connectivity index (χ3v) is 4.90. The highest BCUT2D eigenvalue weighted by atomic mass is 79.9. The van der Waals surface area contributed by atoms with Gasteiger partial charge in [-0.25, -0.2) is 4.39 Å². The van der Waals surface area contributed by atoms with Crippen molar-refractivity contribution < 1.29 is 4.39 Å². The molecular formula is C18H19BrFN. The van der Waals surface area contributed by atoms with Crippen LogP contribution in [0.25, 0.3) is 0 Å². The Balaban J connectivity index is 1.81. The van der Waals surface area contributed by atoms with Crippen molar-refractivity contribution in [3.63, 3.8) is 0 Å². The molecule has 0 bridgehead atoms. The van der Waals surface area contributed by atoms with Gasteiger partial charge in [0.25, 0.3) is 0 Å². The lowest BCUT2D eigenvalue weighted by molar-refractivity contribution is 0.454. The lowest BCUT2D eigenvalue weighted by Crippen LogP contribution is -2.33. The van der Waals surface area contributed by atoms with Crippen molar-refractivity contribution >= 4 is 15.9 Å². The van der Waals surface area contributed by atoms with E-state index in [9.17, 15) is 4.39 Å². The first-order chi connectivity index (χ1) is 10.1. The summed E-state index contributed by atoms with van der Waals surface area (Å²) in [6, 6.07) is 13.7. The number of benzene rings is 2. The maximum atomic E-state index is 14.0. The molecule has 0 radical (unpaired) electrons. The van der Waals surface area contributed by atoms with E-state index in [1.54, 1.807) is 0 Å². The van der Waals surface area contributed by atoms with Gasteiger partial charge >= 0.3 is 0 Å². The van der Waals surface area contributed by atoms with E-state index in [0.717, 1.165) is 23.7 Å². The third kappa shape index (κ3) is 3.19. The average Bonchev–Trinajstić information content (AvgIpc) is 2.49. The van der Waals surface area contributed by atoms with Crippen molar-refractivity contribution in [1.29, 1.82) is 0 Å². The Morgan fingerprint density at radius 3 is 2.86 bits per heavy atom. The van der Waals surface area contributed by atoms with Crippen molar-refractivity contribution in [3.8, 4) is 0 Å². The highest BCUT2D eigenvalue weighted by Gasteiger charge is 2.26. The molecule has 0 spiro atoms. The van der Waals surface area contributed by atoms with Crippen molar-refractivity contribution in [1.82, 2.24) is 0 Å². The number of halogens is 2. The third-order valence-electron chi connectivity index (χ3n) is 4.40. The van der Waals surface area contributed by atoms with Gasteiger partial charge in [-0.15, -0.1) is 0 Å². The van der Waals surface area contributed by atoms with Crippen LogP contribution < -0.4 is 5.73 Å². The average molecular weight is 348 g/mol. The van der Waals surface area contributed by atoms with E-state index in [0.29, 0.717) is 17.9 Å². The minimum absolute atomic E-state index is 0.0397. The summed E-state index contributed by atoms with van der Waals surface area (Å²) >= 11 is 3.29. The second-order valence-electron chi connectivity index (χ2n) is 5.80. The summed E-state index contributed by atoms with van der Waals surface area (Å²) in [5, 5.41) is 0. The zero-order chi connectivity index (χ0) is 14.8. The summed E-state index contributed by atoms with van der Waals surface area (Å²) in [6.07, 6.45) is 3.97.